The molecule has 2 aliphatic rings. The van der Waals surface area contributed by atoms with Gasteiger partial charge in [0.05, 0.1) is 6.61 Å². The smallest absolute Gasteiger partial charge is 0.0637 e. The number of rotatable bonds is 4. The van der Waals surface area contributed by atoms with E-state index in [2.05, 4.69) is 31.0 Å². The Kier molecular flexibility index (Phi) is 4.83. The van der Waals surface area contributed by atoms with Gasteiger partial charge >= 0.3 is 0 Å². The normalized spacial score (nSPS) is 39.7. The maximum atomic E-state index is 5.69. The summed E-state index contributed by atoms with van der Waals surface area (Å²) in [5.74, 6) is 1.67. The Morgan fingerprint density at radius 3 is 2.59 bits per heavy atom. The first-order valence-corrected chi connectivity index (χ1v) is 7.27. The molecule has 2 heterocycles. The van der Waals surface area contributed by atoms with Crippen LogP contribution in [0.2, 0.25) is 0 Å². The summed E-state index contributed by atoms with van der Waals surface area (Å²) in [6.07, 6.45) is 2.39. The van der Waals surface area contributed by atoms with Crippen molar-refractivity contribution in [3.8, 4) is 0 Å². The highest BCUT2D eigenvalue weighted by Gasteiger charge is 2.36. The number of likely N-dealkylation sites (tertiary alicyclic amines) is 1. The summed E-state index contributed by atoms with van der Waals surface area (Å²) >= 11 is 0. The maximum Gasteiger partial charge on any atom is 0.0637 e. The summed E-state index contributed by atoms with van der Waals surface area (Å²) in [6, 6.07) is 1.24. The Hall–Kier alpha value is -0.120. The van der Waals surface area contributed by atoms with Crippen LogP contribution in [0.4, 0.5) is 0 Å². The molecule has 0 spiro atoms. The van der Waals surface area contributed by atoms with Crippen LogP contribution in [0.25, 0.3) is 0 Å². The fourth-order valence-corrected chi connectivity index (χ4v) is 3.10. The van der Waals surface area contributed by atoms with Gasteiger partial charge in [0.1, 0.15) is 0 Å². The van der Waals surface area contributed by atoms with E-state index in [0.29, 0.717) is 12.1 Å². The minimum atomic E-state index is 0.600. The number of ether oxygens (including phenoxy) is 1. The van der Waals surface area contributed by atoms with Gasteiger partial charge in [0.2, 0.25) is 0 Å². The number of nitrogens with one attached hydrogen (secondary N) is 1. The Morgan fingerprint density at radius 2 is 1.94 bits per heavy atom. The Balaban J connectivity index is 1.91. The highest BCUT2D eigenvalue weighted by Crippen LogP contribution is 2.27. The summed E-state index contributed by atoms with van der Waals surface area (Å²) in [4.78, 5) is 2.65. The Labute approximate surface area is 106 Å². The van der Waals surface area contributed by atoms with Gasteiger partial charge in [0.15, 0.2) is 0 Å². The van der Waals surface area contributed by atoms with Crippen molar-refractivity contribution in [2.75, 3.05) is 32.8 Å². The predicted molar refractivity (Wildman–Crippen MR) is 71.2 cm³/mol. The minimum Gasteiger partial charge on any atom is -0.380 e. The summed E-state index contributed by atoms with van der Waals surface area (Å²) < 4.78 is 5.69. The summed E-state index contributed by atoms with van der Waals surface area (Å²) in [5.41, 5.74) is 0. The summed E-state index contributed by atoms with van der Waals surface area (Å²) in [5, 5.41) is 3.71. The van der Waals surface area contributed by atoms with Gasteiger partial charge in [0.25, 0.3) is 0 Å². The standard InChI is InChI=1S/C14H28N2O/c1-4-6-15-13-5-7-17-10-14(13)16-8-11(2)12(3)9-16/h11-15H,4-10H2,1-3H3. The third-order valence-electron chi connectivity index (χ3n) is 4.47. The molecule has 2 rings (SSSR count). The van der Waals surface area contributed by atoms with E-state index in [1.54, 1.807) is 0 Å². The molecule has 0 aliphatic carbocycles. The first-order chi connectivity index (χ1) is 8.22. The van der Waals surface area contributed by atoms with Crippen LogP contribution in [0.15, 0.2) is 0 Å². The highest BCUT2D eigenvalue weighted by atomic mass is 16.5. The van der Waals surface area contributed by atoms with Crippen molar-refractivity contribution in [3.05, 3.63) is 0 Å². The van der Waals surface area contributed by atoms with Gasteiger partial charge in [-0.1, -0.05) is 20.8 Å². The van der Waals surface area contributed by atoms with Crippen LogP contribution in [0.1, 0.15) is 33.6 Å². The first-order valence-electron chi connectivity index (χ1n) is 7.27. The van der Waals surface area contributed by atoms with Gasteiger partial charge in [-0.3, -0.25) is 4.90 Å². The molecule has 1 N–H and O–H groups in total. The molecule has 0 bridgehead atoms. The predicted octanol–water partition coefficient (Wildman–Crippen LogP) is 1.73. The van der Waals surface area contributed by atoms with Gasteiger partial charge in [-0.15, -0.1) is 0 Å². The molecule has 0 aromatic rings. The van der Waals surface area contributed by atoms with Gasteiger partial charge < -0.3 is 10.1 Å². The van der Waals surface area contributed by atoms with Crippen LogP contribution in [0.5, 0.6) is 0 Å². The molecule has 2 aliphatic heterocycles. The van der Waals surface area contributed by atoms with Crippen molar-refractivity contribution in [1.82, 2.24) is 10.2 Å². The van der Waals surface area contributed by atoms with Crippen LogP contribution in [-0.2, 0) is 4.74 Å². The Bertz CT molecular complexity index is 224. The molecular weight excluding hydrogens is 212 g/mol. The van der Waals surface area contributed by atoms with E-state index in [9.17, 15) is 0 Å². The molecule has 0 aromatic carbocycles. The van der Waals surface area contributed by atoms with Gasteiger partial charge in [-0.05, 0) is 31.2 Å². The average Bonchev–Trinajstić information content (AvgIpc) is 2.67. The van der Waals surface area contributed by atoms with Gasteiger partial charge in [-0.2, -0.15) is 0 Å². The molecule has 0 aromatic heterocycles. The van der Waals surface area contributed by atoms with Gasteiger partial charge in [0, 0.05) is 31.8 Å². The lowest BCUT2D eigenvalue weighted by molar-refractivity contribution is 0.00350. The van der Waals surface area contributed by atoms with Crippen molar-refractivity contribution in [1.29, 1.82) is 0 Å². The molecule has 17 heavy (non-hydrogen) atoms. The molecule has 2 saturated heterocycles. The van der Waals surface area contributed by atoms with Crippen LogP contribution >= 0.6 is 0 Å². The van der Waals surface area contributed by atoms with E-state index in [0.717, 1.165) is 31.6 Å². The lowest BCUT2D eigenvalue weighted by Gasteiger charge is -2.38. The highest BCUT2D eigenvalue weighted by molar-refractivity contribution is 4.92. The number of hydrogen-bond donors (Lipinski definition) is 1. The lowest BCUT2D eigenvalue weighted by Crippen LogP contribution is -2.55. The van der Waals surface area contributed by atoms with E-state index < -0.39 is 0 Å². The second-order valence-corrected chi connectivity index (χ2v) is 5.90. The molecule has 4 atom stereocenters. The van der Waals surface area contributed by atoms with Crippen molar-refractivity contribution in [3.63, 3.8) is 0 Å². The largest absolute Gasteiger partial charge is 0.380 e. The monoisotopic (exact) mass is 240 g/mol. The van der Waals surface area contributed by atoms with Gasteiger partial charge in [-0.25, -0.2) is 0 Å². The van der Waals surface area contributed by atoms with E-state index in [-0.39, 0.29) is 0 Å². The van der Waals surface area contributed by atoms with Crippen LogP contribution in [0.3, 0.4) is 0 Å². The van der Waals surface area contributed by atoms with Crippen LogP contribution in [0, 0.1) is 11.8 Å². The maximum absolute atomic E-state index is 5.69. The molecule has 2 fully saturated rings. The molecule has 0 saturated carbocycles. The fourth-order valence-electron chi connectivity index (χ4n) is 3.10. The first kappa shape index (κ1) is 13.3. The third-order valence-corrected chi connectivity index (χ3v) is 4.47. The summed E-state index contributed by atoms with van der Waals surface area (Å²) in [7, 11) is 0. The second kappa shape index (κ2) is 6.17. The molecule has 4 unspecified atom stereocenters. The van der Waals surface area contributed by atoms with Crippen LogP contribution in [-0.4, -0.2) is 49.8 Å². The zero-order valence-electron chi connectivity index (χ0n) is 11.6. The topological polar surface area (TPSA) is 24.5 Å². The Morgan fingerprint density at radius 1 is 1.24 bits per heavy atom. The average molecular weight is 240 g/mol. The molecule has 100 valence electrons. The lowest BCUT2D eigenvalue weighted by atomic mass is 10.0. The van der Waals surface area contributed by atoms with Crippen molar-refractivity contribution in [2.45, 2.75) is 45.7 Å². The second-order valence-electron chi connectivity index (χ2n) is 5.90. The fraction of sp³-hybridized carbons (Fsp3) is 1.00. The SMILES string of the molecule is CCCNC1CCOCC1N1CC(C)C(C)C1. The molecule has 0 amide bonds. The van der Waals surface area contributed by atoms with Crippen molar-refractivity contribution >= 4 is 0 Å². The molecular formula is C14H28N2O. The summed E-state index contributed by atoms with van der Waals surface area (Å²) in [6.45, 7) is 12.5. The van der Waals surface area contributed by atoms with Crippen molar-refractivity contribution < 1.29 is 4.74 Å². The van der Waals surface area contributed by atoms with Crippen molar-refractivity contribution in [2.24, 2.45) is 11.8 Å². The number of nitrogens with zero attached hydrogens (tertiary/aromatic N) is 1. The van der Waals surface area contributed by atoms with Crippen LogP contribution < -0.4 is 5.32 Å². The molecule has 0 radical (unpaired) electrons. The quantitative estimate of drug-likeness (QED) is 0.810. The zero-order chi connectivity index (χ0) is 12.3. The van der Waals surface area contributed by atoms with E-state index in [1.807, 2.05) is 0 Å². The number of hydrogen-bond acceptors (Lipinski definition) is 3. The molecule has 3 heteroatoms. The van der Waals surface area contributed by atoms with E-state index in [4.69, 9.17) is 4.74 Å². The minimum absolute atomic E-state index is 0.600. The zero-order valence-corrected chi connectivity index (χ0v) is 11.6. The van der Waals surface area contributed by atoms with E-state index >= 15 is 0 Å². The third kappa shape index (κ3) is 3.21. The van der Waals surface area contributed by atoms with E-state index in [1.165, 1.54) is 25.9 Å². The molecule has 3 nitrogen and oxygen atoms in total.